The molecule has 4 N–H and O–H groups in total. The summed E-state index contributed by atoms with van der Waals surface area (Å²) in [4.78, 5) is 24.0. The Hall–Kier alpha value is -2.93. The first-order valence-corrected chi connectivity index (χ1v) is 10.1. The van der Waals surface area contributed by atoms with Crippen LogP contribution in [0.3, 0.4) is 0 Å². The van der Waals surface area contributed by atoms with Crippen LogP contribution in [0.1, 0.15) is 57.4 Å². The zero-order valence-corrected chi connectivity index (χ0v) is 17.7. The second-order valence-corrected chi connectivity index (χ2v) is 8.22. The minimum atomic E-state index is -1.26. The largest absolute Gasteiger partial charge is 0.478 e. The lowest BCUT2D eigenvalue weighted by atomic mass is 9.74. The molecule has 1 aromatic heterocycles. The molecule has 162 valence electrons. The summed E-state index contributed by atoms with van der Waals surface area (Å²) < 4.78 is 0. The number of unbranched alkanes of at least 4 members (excludes halogenated alkanes) is 1. The van der Waals surface area contributed by atoms with E-state index < -0.39 is 18.0 Å². The van der Waals surface area contributed by atoms with Crippen molar-refractivity contribution in [3.63, 3.8) is 0 Å². The van der Waals surface area contributed by atoms with Crippen molar-refractivity contribution in [2.45, 2.75) is 52.6 Å². The second kappa shape index (κ2) is 10.2. The van der Waals surface area contributed by atoms with Crippen molar-refractivity contribution in [1.82, 2.24) is 4.98 Å². The first-order valence-electron chi connectivity index (χ1n) is 10.1. The molecule has 1 aliphatic carbocycles. The van der Waals surface area contributed by atoms with Gasteiger partial charge in [-0.3, -0.25) is 4.98 Å². The van der Waals surface area contributed by atoms with E-state index in [2.05, 4.69) is 38.2 Å². The van der Waals surface area contributed by atoms with E-state index in [-0.39, 0.29) is 5.41 Å². The van der Waals surface area contributed by atoms with E-state index in [0.29, 0.717) is 12.2 Å². The molecule has 3 rings (SSSR count). The molecular formula is C23H30N2O5. The van der Waals surface area contributed by atoms with Crippen molar-refractivity contribution >= 4 is 28.5 Å². The highest BCUT2D eigenvalue weighted by Gasteiger charge is 2.34. The number of carboxylic acid groups (broad SMARTS) is 2. The molecule has 1 atom stereocenters. The van der Waals surface area contributed by atoms with E-state index in [1.807, 2.05) is 12.1 Å². The van der Waals surface area contributed by atoms with Gasteiger partial charge in [0, 0.05) is 35.3 Å². The number of nitrogens with one attached hydrogen (secondary N) is 1. The Labute approximate surface area is 176 Å². The summed E-state index contributed by atoms with van der Waals surface area (Å²) in [6, 6.07) is 8.24. The van der Waals surface area contributed by atoms with Crippen molar-refractivity contribution in [1.29, 1.82) is 0 Å². The third-order valence-corrected chi connectivity index (χ3v) is 4.93. The fourth-order valence-corrected chi connectivity index (χ4v) is 3.65. The molecule has 7 nitrogen and oxygen atoms in total. The smallest absolute Gasteiger partial charge is 0.328 e. The number of aliphatic hydroxyl groups excluding tert-OH is 1. The van der Waals surface area contributed by atoms with Gasteiger partial charge in [0.2, 0.25) is 0 Å². The highest BCUT2D eigenvalue weighted by molar-refractivity contribution is 5.93. The predicted molar refractivity (Wildman–Crippen MR) is 117 cm³/mol. The Bertz CT molecular complexity index is 921. The second-order valence-electron chi connectivity index (χ2n) is 8.22. The van der Waals surface area contributed by atoms with Crippen LogP contribution in [0.15, 0.2) is 36.4 Å². The quantitative estimate of drug-likeness (QED) is 0.414. The van der Waals surface area contributed by atoms with Crippen LogP contribution in [-0.4, -0.2) is 38.8 Å². The van der Waals surface area contributed by atoms with Gasteiger partial charge in [-0.15, -0.1) is 0 Å². The van der Waals surface area contributed by atoms with Gasteiger partial charge in [-0.1, -0.05) is 45.4 Å². The zero-order chi connectivity index (χ0) is 22.3. The standard InChI is InChI=1S/C19H26N2O.C4H4O4/c1-4-5-10-20-18-13-8-6-7-9-14(13)21-15-11-19(2,3)12-16(22)17(15)18;5-3(6)1-2-4(7)8/h6-9,16,22H,4-5,10-12H2,1-3H3,(H,20,21);1-2H,(H,5,6)(H,7,8)/b;2-1+. The number of benzene rings is 1. The molecule has 0 fully saturated rings. The van der Waals surface area contributed by atoms with Crippen LogP contribution >= 0.6 is 0 Å². The Morgan fingerprint density at radius 3 is 2.43 bits per heavy atom. The SMILES string of the molecule is CCCCNc1c2c(nc3ccccc13)CC(C)(C)CC2O.O=C(O)/C=C/C(=O)O. The summed E-state index contributed by atoms with van der Waals surface area (Å²) >= 11 is 0. The monoisotopic (exact) mass is 414 g/mol. The van der Waals surface area contributed by atoms with E-state index in [9.17, 15) is 14.7 Å². The van der Waals surface area contributed by atoms with Crippen LogP contribution < -0.4 is 5.32 Å². The molecule has 0 saturated carbocycles. The average molecular weight is 415 g/mol. The van der Waals surface area contributed by atoms with Gasteiger partial charge in [0.25, 0.3) is 0 Å². The number of aromatic nitrogens is 1. The zero-order valence-electron chi connectivity index (χ0n) is 17.7. The van der Waals surface area contributed by atoms with Gasteiger partial charge in [0.15, 0.2) is 0 Å². The Balaban J connectivity index is 0.000000343. The van der Waals surface area contributed by atoms with E-state index >= 15 is 0 Å². The van der Waals surface area contributed by atoms with Crippen LogP contribution in [0.25, 0.3) is 10.9 Å². The molecule has 0 aliphatic heterocycles. The first kappa shape index (κ1) is 23.3. The highest BCUT2D eigenvalue weighted by atomic mass is 16.4. The molecule has 1 aliphatic rings. The Kier molecular flexibility index (Phi) is 7.94. The number of pyridine rings is 1. The number of hydrogen-bond donors (Lipinski definition) is 4. The highest BCUT2D eigenvalue weighted by Crippen LogP contribution is 2.44. The van der Waals surface area contributed by atoms with E-state index in [1.165, 1.54) is 0 Å². The van der Waals surface area contributed by atoms with Gasteiger partial charge in [0.1, 0.15) is 0 Å². The summed E-state index contributed by atoms with van der Waals surface area (Å²) in [7, 11) is 0. The molecule has 0 spiro atoms. The number of hydrogen-bond acceptors (Lipinski definition) is 5. The predicted octanol–water partition coefficient (Wildman–Crippen LogP) is 4.16. The van der Waals surface area contributed by atoms with Gasteiger partial charge in [-0.2, -0.15) is 0 Å². The number of nitrogens with zero attached hydrogens (tertiary/aromatic N) is 1. The first-order chi connectivity index (χ1) is 14.1. The maximum Gasteiger partial charge on any atom is 0.328 e. The van der Waals surface area contributed by atoms with E-state index in [1.54, 1.807) is 0 Å². The van der Waals surface area contributed by atoms with E-state index in [0.717, 1.165) is 60.1 Å². The summed E-state index contributed by atoms with van der Waals surface area (Å²) in [5, 5.41) is 31.0. The number of anilines is 1. The molecule has 7 heteroatoms. The third-order valence-electron chi connectivity index (χ3n) is 4.93. The molecule has 0 amide bonds. The lowest BCUT2D eigenvalue weighted by molar-refractivity contribution is -0.134. The van der Waals surface area contributed by atoms with Crippen LogP contribution in [0.2, 0.25) is 0 Å². The van der Waals surface area contributed by atoms with Gasteiger partial charge >= 0.3 is 11.9 Å². The van der Waals surface area contributed by atoms with Crippen LogP contribution in [0, 0.1) is 5.41 Å². The molecule has 2 aromatic rings. The summed E-state index contributed by atoms with van der Waals surface area (Å²) in [5.41, 5.74) is 4.29. The summed E-state index contributed by atoms with van der Waals surface area (Å²) in [5.74, 6) is -2.51. The number of aliphatic carboxylic acids is 2. The van der Waals surface area contributed by atoms with Gasteiger partial charge in [-0.25, -0.2) is 9.59 Å². The average Bonchev–Trinajstić information content (AvgIpc) is 2.65. The number of rotatable bonds is 6. The Morgan fingerprint density at radius 2 is 1.83 bits per heavy atom. The Morgan fingerprint density at radius 1 is 1.20 bits per heavy atom. The summed E-state index contributed by atoms with van der Waals surface area (Å²) in [6.07, 6.45) is 4.70. The number of carboxylic acids is 2. The van der Waals surface area contributed by atoms with Crippen LogP contribution in [0.5, 0.6) is 0 Å². The molecular weight excluding hydrogens is 384 g/mol. The molecule has 1 unspecified atom stereocenters. The van der Waals surface area contributed by atoms with Crippen molar-refractivity contribution < 1.29 is 24.9 Å². The molecule has 1 aromatic carbocycles. The fraction of sp³-hybridized carbons (Fsp3) is 0.435. The number of carbonyl (C=O) groups is 2. The number of fused-ring (bicyclic) bond motifs is 2. The fourth-order valence-electron chi connectivity index (χ4n) is 3.65. The number of aliphatic hydroxyl groups is 1. The minimum Gasteiger partial charge on any atom is -0.478 e. The van der Waals surface area contributed by atoms with E-state index in [4.69, 9.17) is 15.2 Å². The van der Waals surface area contributed by atoms with Gasteiger partial charge in [-0.05, 0) is 30.7 Å². The maximum absolute atomic E-state index is 10.7. The maximum atomic E-state index is 10.7. The molecule has 1 heterocycles. The van der Waals surface area contributed by atoms with Gasteiger partial charge in [0.05, 0.1) is 17.3 Å². The number of para-hydroxylation sites is 1. The van der Waals surface area contributed by atoms with Crippen molar-refractivity contribution in [2.24, 2.45) is 5.41 Å². The lowest BCUT2D eigenvalue weighted by Gasteiger charge is -2.35. The third kappa shape index (κ3) is 6.29. The summed E-state index contributed by atoms with van der Waals surface area (Å²) in [6.45, 7) is 7.55. The van der Waals surface area contributed by atoms with Gasteiger partial charge < -0.3 is 20.6 Å². The van der Waals surface area contributed by atoms with Crippen LogP contribution in [-0.2, 0) is 16.0 Å². The molecule has 0 bridgehead atoms. The van der Waals surface area contributed by atoms with Crippen molar-refractivity contribution in [3.05, 3.63) is 47.7 Å². The lowest BCUT2D eigenvalue weighted by Crippen LogP contribution is -2.27. The van der Waals surface area contributed by atoms with Crippen LogP contribution in [0.4, 0.5) is 5.69 Å². The molecule has 0 saturated heterocycles. The molecule has 30 heavy (non-hydrogen) atoms. The minimum absolute atomic E-state index is 0.0998. The topological polar surface area (TPSA) is 120 Å². The van der Waals surface area contributed by atoms with Crippen molar-refractivity contribution in [2.75, 3.05) is 11.9 Å². The normalized spacial score (nSPS) is 17.1. The van der Waals surface area contributed by atoms with Crippen molar-refractivity contribution in [3.8, 4) is 0 Å². The molecule has 0 radical (unpaired) electrons.